The molecule has 0 saturated carbocycles. The molecule has 0 spiro atoms. The molecule has 2 N–H and O–H groups in total. The van der Waals surface area contributed by atoms with Crippen molar-refractivity contribution in [2.75, 3.05) is 13.2 Å². The number of benzene rings is 2. The molecule has 21 heavy (non-hydrogen) atoms. The molecule has 2 aromatic rings. The first kappa shape index (κ1) is 15.5. The monoisotopic (exact) mass is 285 g/mol. The summed E-state index contributed by atoms with van der Waals surface area (Å²) >= 11 is 0. The summed E-state index contributed by atoms with van der Waals surface area (Å²) in [6.45, 7) is 3.89. The maximum atomic E-state index is 5.82. The van der Waals surface area contributed by atoms with E-state index in [0.29, 0.717) is 19.8 Å². The Morgan fingerprint density at radius 2 is 1.67 bits per heavy atom. The average Bonchev–Trinajstić information content (AvgIpc) is 2.55. The second-order valence-corrected chi connectivity index (χ2v) is 4.94. The molecule has 2 rings (SSSR count). The lowest BCUT2D eigenvalue weighted by Crippen LogP contribution is -2.07. The number of rotatable bonds is 8. The number of hydrogen-bond acceptors (Lipinski definition) is 3. The van der Waals surface area contributed by atoms with Crippen LogP contribution in [0.3, 0.4) is 0 Å². The van der Waals surface area contributed by atoms with Gasteiger partial charge >= 0.3 is 0 Å². The minimum Gasteiger partial charge on any atom is -0.493 e. The highest BCUT2D eigenvalue weighted by atomic mass is 16.5. The van der Waals surface area contributed by atoms with E-state index in [1.54, 1.807) is 0 Å². The fraction of sp³-hybridized carbons (Fsp3) is 0.333. The van der Waals surface area contributed by atoms with Crippen LogP contribution in [0, 0.1) is 0 Å². The highest BCUT2D eigenvalue weighted by molar-refractivity contribution is 5.32. The standard InChI is InChI=1S/C18H23NO2/c1-15(16-8-3-2-4-9-16)20-12-7-13-21-18-11-6-5-10-17(18)14-19/h2-6,8-11,15H,7,12-14,19H2,1H3. The second-order valence-electron chi connectivity index (χ2n) is 4.94. The van der Waals surface area contributed by atoms with Gasteiger partial charge in [0.15, 0.2) is 0 Å². The third-order valence-electron chi connectivity index (χ3n) is 3.38. The van der Waals surface area contributed by atoms with Gasteiger partial charge in [0, 0.05) is 18.5 Å². The van der Waals surface area contributed by atoms with E-state index in [1.807, 2.05) is 42.5 Å². The van der Waals surface area contributed by atoms with Crippen LogP contribution in [-0.2, 0) is 11.3 Å². The summed E-state index contributed by atoms with van der Waals surface area (Å²) in [6, 6.07) is 18.1. The van der Waals surface area contributed by atoms with Gasteiger partial charge in [0.25, 0.3) is 0 Å². The van der Waals surface area contributed by atoms with Gasteiger partial charge in [-0.25, -0.2) is 0 Å². The second kappa shape index (κ2) is 8.45. The van der Waals surface area contributed by atoms with Crippen molar-refractivity contribution >= 4 is 0 Å². The van der Waals surface area contributed by atoms with E-state index in [0.717, 1.165) is 17.7 Å². The number of para-hydroxylation sites is 1. The zero-order chi connectivity index (χ0) is 14.9. The van der Waals surface area contributed by atoms with Crippen LogP contribution in [0.15, 0.2) is 54.6 Å². The summed E-state index contributed by atoms with van der Waals surface area (Å²) in [5.74, 6) is 0.871. The highest BCUT2D eigenvalue weighted by Gasteiger charge is 2.05. The molecule has 0 aromatic heterocycles. The van der Waals surface area contributed by atoms with E-state index in [9.17, 15) is 0 Å². The van der Waals surface area contributed by atoms with E-state index in [4.69, 9.17) is 15.2 Å². The largest absolute Gasteiger partial charge is 0.493 e. The van der Waals surface area contributed by atoms with Crippen LogP contribution in [0.4, 0.5) is 0 Å². The molecule has 3 nitrogen and oxygen atoms in total. The fourth-order valence-electron chi connectivity index (χ4n) is 2.13. The van der Waals surface area contributed by atoms with Crippen LogP contribution in [-0.4, -0.2) is 13.2 Å². The van der Waals surface area contributed by atoms with Crippen molar-refractivity contribution in [3.05, 3.63) is 65.7 Å². The molecule has 0 saturated heterocycles. The summed E-state index contributed by atoms with van der Waals surface area (Å²) < 4.78 is 11.6. The van der Waals surface area contributed by atoms with Gasteiger partial charge in [-0.1, -0.05) is 48.5 Å². The molecule has 1 atom stereocenters. The van der Waals surface area contributed by atoms with E-state index in [1.165, 1.54) is 5.56 Å². The summed E-state index contributed by atoms with van der Waals surface area (Å²) in [4.78, 5) is 0. The quantitative estimate of drug-likeness (QED) is 0.752. The minimum absolute atomic E-state index is 0.113. The molecule has 0 aliphatic rings. The summed E-state index contributed by atoms with van der Waals surface area (Å²) in [5.41, 5.74) is 7.92. The van der Waals surface area contributed by atoms with Gasteiger partial charge in [-0.2, -0.15) is 0 Å². The molecule has 0 heterocycles. The molecule has 0 aliphatic carbocycles. The van der Waals surface area contributed by atoms with Crippen LogP contribution in [0.2, 0.25) is 0 Å². The van der Waals surface area contributed by atoms with Crippen molar-refractivity contribution in [3.8, 4) is 5.75 Å². The SMILES string of the molecule is CC(OCCCOc1ccccc1CN)c1ccccc1. The smallest absolute Gasteiger partial charge is 0.123 e. The van der Waals surface area contributed by atoms with E-state index in [-0.39, 0.29) is 6.10 Å². The predicted molar refractivity (Wildman–Crippen MR) is 85.3 cm³/mol. The molecular weight excluding hydrogens is 262 g/mol. The first-order valence-electron chi connectivity index (χ1n) is 7.38. The van der Waals surface area contributed by atoms with Crippen molar-refractivity contribution in [2.45, 2.75) is 26.0 Å². The zero-order valence-corrected chi connectivity index (χ0v) is 12.5. The Kier molecular flexibility index (Phi) is 6.25. The molecule has 0 radical (unpaired) electrons. The Morgan fingerprint density at radius 1 is 0.952 bits per heavy atom. The van der Waals surface area contributed by atoms with Gasteiger partial charge < -0.3 is 15.2 Å². The van der Waals surface area contributed by atoms with Crippen LogP contribution >= 0.6 is 0 Å². The van der Waals surface area contributed by atoms with Crippen molar-refractivity contribution in [3.63, 3.8) is 0 Å². The third-order valence-corrected chi connectivity index (χ3v) is 3.38. The Hall–Kier alpha value is -1.84. The van der Waals surface area contributed by atoms with Crippen LogP contribution in [0.25, 0.3) is 0 Å². The molecule has 2 aromatic carbocycles. The van der Waals surface area contributed by atoms with E-state index in [2.05, 4.69) is 19.1 Å². The lowest BCUT2D eigenvalue weighted by Gasteiger charge is -2.14. The van der Waals surface area contributed by atoms with E-state index >= 15 is 0 Å². The first-order chi connectivity index (χ1) is 10.3. The minimum atomic E-state index is 0.113. The van der Waals surface area contributed by atoms with Crippen molar-refractivity contribution in [1.82, 2.24) is 0 Å². The Morgan fingerprint density at radius 3 is 2.43 bits per heavy atom. The topological polar surface area (TPSA) is 44.5 Å². The van der Waals surface area contributed by atoms with Crippen LogP contribution in [0.5, 0.6) is 5.75 Å². The summed E-state index contributed by atoms with van der Waals surface area (Å²) in [5, 5.41) is 0. The van der Waals surface area contributed by atoms with Gasteiger partial charge in [0.2, 0.25) is 0 Å². The fourth-order valence-corrected chi connectivity index (χ4v) is 2.13. The molecular formula is C18H23NO2. The van der Waals surface area contributed by atoms with Crippen molar-refractivity contribution < 1.29 is 9.47 Å². The number of ether oxygens (including phenoxy) is 2. The molecule has 0 aliphatic heterocycles. The maximum absolute atomic E-state index is 5.82. The van der Waals surface area contributed by atoms with Crippen molar-refractivity contribution in [1.29, 1.82) is 0 Å². The molecule has 3 heteroatoms. The van der Waals surface area contributed by atoms with Gasteiger partial charge in [0.1, 0.15) is 5.75 Å². The molecule has 1 unspecified atom stereocenters. The lowest BCUT2D eigenvalue weighted by molar-refractivity contribution is 0.0571. The molecule has 112 valence electrons. The first-order valence-corrected chi connectivity index (χ1v) is 7.38. The normalized spacial score (nSPS) is 12.1. The molecule has 0 fully saturated rings. The summed E-state index contributed by atoms with van der Waals surface area (Å²) in [6.07, 6.45) is 0.971. The average molecular weight is 285 g/mol. The van der Waals surface area contributed by atoms with Crippen LogP contribution < -0.4 is 10.5 Å². The number of nitrogens with two attached hydrogens (primary N) is 1. The predicted octanol–water partition coefficient (Wildman–Crippen LogP) is 3.69. The van der Waals surface area contributed by atoms with E-state index < -0.39 is 0 Å². The Balaban J connectivity index is 1.68. The third kappa shape index (κ3) is 4.88. The van der Waals surface area contributed by atoms with Crippen LogP contribution in [0.1, 0.15) is 30.6 Å². The Bertz CT molecular complexity index is 528. The molecule has 0 bridgehead atoms. The van der Waals surface area contributed by atoms with Crippen molar-refractivity contribution in [2.24, 2.45) is 5.73 Å². The van der Waals surface area contributed by atoms with Gasteiger partial charge in [-0.15, -0.1) is 0 Å². The van der Waals surface area contributed by atoms with Gasteiger partial charge in [-0.05, 0) is 18.6 Å². The number of hydrogen-bond donors (Lipinski definition) is 1. The zero-order valence-electron chi connectivity index (χ0n) is 12.5. The highest BCUT2D eigenvalue weighted by Crippen LogP contribution is 2.18. The lowest BCUT2D eigenvalue weighted by atomic mass is 10.1. The van der Waals surface area contributed by atoms with Gasteiger partial charge in [0.05, 0.1) is 19.3 Å². The summed E-state index contributed by atoms with van der Waals surface area (Å²) in [7, 11) is 0. The maximum Gasteiger partial charge on any atom is 0.123 e. The molecule has 0 amide bonds. The Labute approximate surface area is 126 Å². The van der Waals surface area contributed by atoms with Gasteiger partial charge in [-0.3, -0.25) is 0 Å².